The summed E-state index contributed by atoms with van der Waals surface area (Å²) in [5, 5.41) is 0. The number of anilines is 1. The van der Waals surface area contributed by atoms with E-state index in [1.807, 2.05) is 40.1 Å². The van der Waals surface area contributed by atoms with Crippen molar-refractivity contribution in [3.05, 3.63) is 82.7 Å². The molecule has 3 aromatic carbocycles. The van der Waals surface area contributed by atoms with E-state index in [0.29, 0.717) is 0 Å². The highest BCUT2D eigenvalue weighted by atomic mass is 16.5. The summed E-state index contributed by atoms with van der Waals surface area (Å²) in [5.74, 6) is 1.82. The standard InChI is InChI=1S/C31H36N4O2/c1-20-17-21(2)29(22(3)18-20)31(36)34-16-8-7-9-28(34)30-32-26-19-24(33(4)5)12-15-27(26)35(30)23-10-13-25(37-6)14-11-23/h10-15,17-19,28H,7-9,16H2,1-6H3. The number of methoxy groups -OCH3 is 1. The molecule has 1 amide bonds. The van der Waals surface area contributed by atoms with Crippen molar-refractivity contribution in [3.63, 3.8) is 0 Å². The molecule has 0 radical (unpaired) electrons. The van der Waals surface area contributed by atoms with Crippen LogP contribution in [0, 0.1) is 20.8 Å². The molecule has 2 heterocycles. The van der Waals surface area contributed by atoms with E-state index < -0.39 is 0 Å². The predicted molar refractivity (Wildman–Crippen MR) is 150 cm³/mol. The minimum Gasteiger partial charge on any atom is -0.497 e. The van der Waals surface area contributed by atoms with Crippen LogP contribution < -0.4 is 9.64 Å². The van der Waals surface area contributed by atoms with Gasteiger partial charge in [-0.2, -0.15) is 0 Å². The van der Waals surface area contributed by atoms with Crippen LogP contribution in [0.15, 0.2) is 54.6 Å². The first-order chi connectivity index (χ1) is 17.8. The molecule has 5 rings (SSSR count). The Morgan fingerprint density at radius 3 is 2.32 bits per heavy atom. The molecule has 0 saturated carbocycles. The van der Waals surface area contributed by atoms with Crippen LogP contribution in [-0.2, 0) is 0 Å². The van der Waals surface area contributed by atoms with E-state index >= 15 is 0 Å². The van der Waals surface area contributed by atoms with Crippen molar-refractivity contribution in [2.24, 2.45) is 0 Å². The van der Waals surface area contributed by atoms with Crippen molar-refractivity contribution < 1.29 is 9.53 Å². The number of imidazole rings is 1. The number of fused-ring (bicyclic) bond motifs is 1. The van der Waals surface area contributed by atoms with Crippen molar-refractivity contribution in [1.82, 2.24) is 14.5 Å². The van der Waals surface area contributed by atoms with Gasteiger partial charge in [0.05, 0.1) is 24.2 Å². The monoisotopic (exact) mass is 496 g/mol. The molecule has 0 aliphatic carbocycles. The topological polar surface area (TPSA) is 50.6 Å². The summed E-state index contributed by atoms with van der Waals surface area (Å²) >= 11 is 0. The average molecular weight is 497 g/mol. The molecule has 1 atom stereocenters. The number of hydrogen-bond donors (Lipinski definition) is 0. The van der Waals surface area contributed by atoms with Crippen molar-refractivity contribution >= 4 is 22.6 Å². The molecule has 0 bridgehead atoms. The van der Waals surface area contributed by atoms with Gasteiger partial charge in [-0.3, -0.25) is 9.36 Å². The number of carbonyl (C=O) groups is 1. The third-order valence-corrected chi connectivity index (χ3v) is 7.46. The average Bonchev–Trinajstić information content (AvgIpc) is 3.26. The van der Waals surface area contributed by atoms with E-state index in [-0.39, 0.29) is 11.9 Å². The van der Waals surface area contributed by atoms with Gasteiger partial charge in [-0.15, -0.1) is 0 Å². The fourth-order valence-corrected chi connectivity index (χ4v) is 5.70. The van der Waals surface area contributed by atoms with Crippen LogP contribution in [0.2, 0.25) is 0 Å². The maximum atomic E-state index is 14.1. The Morgan fingerprint density at radius 1 is 0.973 bits per heavy atom. The highest BCUT2D eigenvalue weighted by Gasteiger charge is 2.34. The molecule has 0 N–H and O–H groups in total. The van der Waals surface area contributed by atoms with Gasteiger partial charge in [0.15, 0.2) is 0 Å². The molecule has 1 saturated heterocycles. The molecular formula is C31H36N4O2. The Morgan fingerprint density at radius 2 is 1.68 bits per heavy atom. The van der Waals surface area contributed by atoms with Crippen molar-refractivity contribution in [3.8, 4) is 11.4 Å². The number of aryl methyl sites for hydroxylation is 3. The fourth-order valence-electron chi connectivity index (χ4n) is 5.70. The number of piperidine rings is 1. The molecule has 192 valence electrons. The maximum absolute atomic E-state index is 14.1. The molecule has 4 aromatic rings. The third-order valence-electron chi connectivity index (χ3n) is 7.46. The van der Waals surface area contributed by atoms with Crippen molar-refractivity contribution in [2.45, 2.75) is 46.1 Å². The van der Waals surface area contributed by atoms with Gasteiger partial charge in [-0.25, -0.2) is 4.98 Å². The van der Waals surface area contributed by atoms with Crippen molar-refractivity contribution in [1.29, 1.82) is 0 Å². The smallest absolute Gasteiger partial charge is 0.255 e. The minimum atomic E-state index is -0.112. The Kier molecular flexibility index (Phi) is 6.67. The first-order valence-corrected chi connectivity index (χ1v) is 13.0. The lowest BCUT2D eigenvalue weighted by atomic mass is 9.95. The van der Waals surface area contributed by atoms with Crippen LogP contribution in [0.3, 0.4) is 0 Å². The zero-order valence-electron chi connectivity index (χ0n) is 22.7. The second-order valence-corrected chi connectivity index (χ2v) is 10.4. The van der Waals surface area contributed by atoms with Gasteiger partial charge < -0.3 is 14.5 Å². The fraction of sp³-hybridized carbons (Fsp3) is 0.355. The molecular weight excluding hydrogens is 460 g/mol. The van der Waals surface area contributed by atoms with E-state index in [1.165, 1.54) is 5.56 Å². The minimum absolute atomic E-state index is 0.0991. The van der Waals surface area contributed by atoms with Gasteiger partial charge in [-0.05, 0) is 93.6 Å². The van der Waals surface area contributed by atoms with Crippen molar-refractivity contribution in [2.75, 3.05) is 32.6 Å². The van der Waals surface area contributed by atoms with Gasteiger partial charge in [0.25, 0.3) is 5.91 Å². The second-order valence-electron chi connectivity index (χ2n) is 10.4. The quantitative estimate of drug-likeness (QED) is 0.321. The highest BCUT2D eigenvalue weighted by Crippen LogP contribution is 2.37. The van der Waals surface area contributed by atoms with E-state index in [1.54, 1.807) is 7.11 Å². The number of hydrogen-bond acceptors (Lipinski definition) is 4. The van der Waals surface area contributed by atoms with Crippen LogP contribution in [0.25, 0.3) is 16.7 Å². The van der Waals surface area contributed by atoms with Crippen LogP contribution in [0.1, 0.15) is 58.2 Å². The van der Waals surface area contributed by atoms with E-state index in [2.05, 4.69) is 63.8 Å². The van der Waals surface area contributed by atoms with Gasteiger partial charge in [0.2, 0.25) is 0 Å². The molecule has 1 aliphatic rings. The second kappa shape index (κ2) is 9.92. The Bertz CT molecular complexity index is 1430. The number of ether oxygens (including phenoxy) is 1. The molecule has 1 unspecified atom stereocenters. The number of likely N-dealkylation sites (tertiary alicyclic amines) is 1. The summed E-state index contributed by atoms with van der Waals surface area (Å²) in [7, 11) is 5.75. The van der Waals surface area contributed by atoms with Gasteiger partial charge in [0, 0.05) is 37.6 Å². The molecule has 1 fully saturated rings. The third kappa shape index (κ3) is 4.57. The summed E-state index contributed by atoms with van der Waals surface area (Å²) < 4.78 is 7.63. The Hall–Kier alpha value is -3.80. The normalized spacial score (nSPS) is 15.7. The lowest BCUT2D eigenvalue weighted by molar-refractivity contribution is 0.0597. The largest absolute Gasteiger partial charge is 0.497 e. The summed E-state index contributed by atoms with van der Waals surface area (Å²) in [6, 6.07) is 18.6. The lowest BCUT2D eigenvalue weighted by Crippen LogP contribution is -2.40. The van der Waals surface area contributed by atoms with Gasteiger partial charge in [-0.1, -0.05) is 17.7 Å². The Labute approximate surface area is 219 Å². The van der Waals surface area contributed by atoms with E-state index in [0.717, 1.165) is 76.5 Å². The highest BCUT2D eigenvalue weighted by molar-refractivity contribution is 5.97. The number of amides is 1. The SMILES string of the molecule is COc1ccc(-n2c(C3CCCCN3C(=O)c3c(C)cc(C)cc3C)nc3cc(N(C)C)ccc32)cc1. The summed E-state index contributed by atoms with van der Waals surface area (Å²) in [4.78, 5) is 23.4. The number of benzene rings is 3. The summed E-state index contributed by atoms with van der Waals surface area (Å²) in [5.41, 5.74) is 8.14. The molecule has 37 heavy (non-hydrogen) atoms. The molecule has 1 aliphatic heterocycles. The van der Waals surface area contributed by atoms with Crippen LogP contribution in [0.5, 0.6) is 5.75 Å². The first-order valence-electron chi connectivity index (χ1n) is 13.0. The van der Waals surface area contributed by atoms with E-state index in [4.69, 9.17) is 9.72 Å². The number of carbonyl (C=O) groups excluding carboxylic acids is 1. The predicted octanol–water partition coefficient (Wildman–Crippen LogP) is 6.39. The summed E-state index contributed by atoms with van der Waals surface area (Å²) in [6.07, 6.45) is 2.95. The van der Waals surface area contributed by atoms with Crippen LogP contribution >= 0.6 is 0 Å². The lowest BCUT2D eigenvalue weighted by Gasteiger charge is -2.36. The zero-order chi connectivity index (χ0) is 26.3. The maximum Gasteiger partial charge on any atom is 0.255 e. The van der Waals surface area contributed by atoms with Crippen LogP contribution in [0.4, 0.5) is 5.69 Å². The molecule has 1 aromatic heterocycles. The van der Waals surface area contributed by atoms with Gasteiger partial charge >= 0.3 is 0 Å². The first kappa shape index (κ1) is 24.9. The number of aromatic nitrogens is 2. The Balaban J connectivity index is 1.67. The number of rotatable bonds is 5. The zero-order valence-corrected chi connectivity index (χ0v) is 22.7. The molecule has 6 heteroatoms. The summed E-state index contributed by atoms with van der Waals surface area (Å²) in [6.45, 7) is 6.89. The molecule has 0 spiro atoms. The van der Waals surface area contributed by atoms with E-state index in [9.17, 15) is 4.79 Å². The van der Waals surface area contributed by atoms with Crippen LogP contribution in [-0.4, -0.2) is 48.1 Å². The van der Waals surface area contributed by atoms with Gasteiger partial charge in [0.1, 0.15) is 11.6 Å². The number of nitrogens with zero attached hydrogens (tertiary/aromatic N) is 4. The molecule has 6 nitrogen and oxygen atoms in total.